The number of carbonyl (C=O) groups is 2. The van der Waals surface area contributed by atoms with Gasteiger partial charge in [-0.1, -0.05) is 78.9 Å². The largest absolute Gasteiger partial charge is 0.388 e. The zero-order valence-corrected chi connectivity index (χ0v) is 21.4. The maximum Gasteiger partial charge on any atom is 0.262 e. The molecule has 1 fully saturated rings. The Morgan fingerprint density at radius 2 is 1.38 bits per heavy atom. The van der Waals surface area contributed by atoms with Crippen LogP contribution in [0.3, 0.4) is 0 Å². The molecule has 8 heteroatoms. The van der Waals surface area contributed by atoms with Gasteiger partial charge in [0.05, 0.1) is 37.6 Å². The zero-order chi connectivity index (χ0) is 27.2. The predicted molar refractivity (Wildman–Crippen MR) is 143 cm³/mol. The molecule has 2 amide bonds. The Labute approximate surface area is 227 Å². The molecule has 8 nitrogen and oxygen atoms in total. The highest BCUT2D eigenvalue weighted by molar-refractivity contribution is 6.21. The minimum absolute atomic E-state index is 0.0457. The van der Waals surface area contributed by atoms with E-state index in [0.717, 1.165) is 16.0 Å². The average Bonchev–Trinajstić information content (AvgIpc) is 3.22. The zero-order valence-electron chi connectivity index (χ0n) is 21.4. The van der Waals surface area contributed by atoms with E-state index in [0.29, 0.717) is 6.61 Å². The van der Waals surface area contributed by atoms with Crippen LogP contribution in [0, 0.1) is 0 Å². The minimum atomic E-state index is -1.22. The molecule has 0 radical (unpaired) electrons. The third kappa shape index (κ3) is 5.85. The number of hydrogen-bond donors (Lipinski definition) is 1. The molecule has 5 rings (SSSR count). The van der Waals surface area contributed by atoms with Crippen molar-refractivity contribution in [1.82, 2.24) is 4.90 Å². The van der Waals surface area contributed by atoms with Gasteiger partial charge in [-0.15, -0.1) is 6.58 Å². The lowest BCUT2D eigenvalue weighted by molar-refractivity contribution is -0.287. The van der Waals surface area contributed by atoms with Crippen LogP contribution in [0.5, 0.6) is 0 Å². The molecule has 0 aliphatic carbocycles. The molecule has 0 aromatic heterocycles. The lowest BCUT2D eigenvalue weighted by Crippen LogP contribution is -2.66. The van der Waals surface area contributed by atoms with E-state index >= 15 is 0 Å². The number of nitrogens with zero attached hydrogens (tertiary/aromatic N) is 1. The summed E-state index contributed by atoms with van der Waals surface area (Å²) in [6.45, 7) is 4.32. The number of aliphatic hydroxyl groups excluding tert-OH is 1. The highest BCUT2D eigenvalue weighted by atomic mass is 16.7. The Hall–Kier alpha value is -3.66. The van der Waals surface area contributed by atoms with Crippen LogP contribution in [-0.4, -0.2) is 65.7 Å². The third-order valence-electron chi connectivity index (χ3n) is 6.82. The topological polar surface area (TPSA) is 94.5 Å². The van der Waals surface area contributed by atoms with Crippen molar-refractivity contribution in [2.45, 2.75) is 43.9 Å². The van der Waals surface area contributed by atoms with E-state index in [2.05, 4.69) is 6.58 Å². The molecule has 5 atom stereocenters. The molecule has 202 valence electrons. The summed E-state index contributed by atoms with van der Waals surface area (Å²) in [5.74, 6) is -0.980. The smallest absolute Gasteiger partial charge is 0.262 e. The average molecular weight is 530 g/mol. The molecule has 0 saturated carbocycles. The van der Waals surface area contributed by atoms with Gasteiger partial charge >= 0.3 is 0 Å². The Bertz CT molecular complexity index is 1250. The van der Waals surface area contributed by atoms with Crippen LogP contribution in [0.4, 0.5) is 0 Å². The van der Waals surface area contributed by atoms with Crippen LogP contribution in [0.1, 0.15) is 31.8 Å². The second kappa shape index (κ2) is 12.5. The highest BCUT2D eigenvalue weighted by Gasteiger charge is 2.54. The highest BCUT2D eigenvalue weighted by Crippen LogP contribution is 2.34. The molecular formula is C31H31NO7. The Kier molecular flexibility index (Phi) is 8.61. The first-order valence-corrected chi connectivity index (χ1v) is 12.9. The number of benzene rings is 3. The minimum Gasteiger partial charge on any atom is -0.388 e. The van der Waals surface area contributed by atoms with Crippen molar-refractivity contribution in [3.8, 4) is 0 Å². The standard InChI is InChI=1S/C31H31NO7/c1-2-17-37-31-26(32-29(34)23-15-9-10-16-24(23)30(32)35)28(38-19-22-13-7-4-8-14-22)27(33)25(39-31)20-36-18-21-11-5-3-6-12-21/h2-16,25-28,31,33H,1,17-20H2/t25-,26-,27-,28-,31-/m1/s1. The Morgan fingerprint density at radius 3 is 1.97 bits per heavy atom. The Morgan fingerprint density at radius 1 is 0.821 bits per heavy atom. The van der Waals surface area contributed by atoms with Crippen molar-refractivity contribution in [3.05, 3.63) is 120 Å². The van der Waals surface area contributed by atoms with Crippen molar-refractivity contribution in [3.63, 3.8) is 0 Å². The van der Waals surface area contributed by atoms with Crippen LogP contribution in [0.15, 0.2) is 97.6 Å². The summed E-state index contributed by atoms with van der Waals surface area (Å²) in [5.41, 5.74) is 2.42. The van der Waals surface area contributed by atoms with Crippen LogP contribution in [-0.2, 0) is 32.2 Å². The summed E-state index contributed by atoms with van der Waals surface area (Å²) in [6.07, 6.45) is -2.60. The molecule has 3 aromatic carbocycles. The number of amides is 2. The summed E-state index contributed by atoms with van der Waals surface area (Å²) in [4.78, 5) is 28.0. The number of aliphatic hydroxyl groups is 1. The molecular weight excluding hydrogens is 498 g/mol. The molecule has 2 aliphatic heterocycles. The van der Waals surface area contributed by atoms with Gasteiger partial charge in [0.1, 0.15) is 24.4 Å². The number of hydrogen-bond acceptors (Lipinski definition) is 7. The van der Waals surface area contributed by atoms with Crippen molar-refractivity contribution < 1.29 is 33.6 Å². The van der Waals surface area contributed by atoms with Gasteiger partial charge in [-0.3, -0.25) is 14.5 Å². The number of imide groups is 1. The number of carbonyl (C=O) groups excluding carboxylic acids is 2. The molecule has 1 saturated heterocycles. The summed E-state index contributed by atoms with van der Waals surface area (Å²) < 4.78 is 24.3. The van der Waals surface area contributed by atoms with Crippen molar-refractivity contribution in [2.75, 3.05) is 13.2 Å². The first-order valence-electron chi connectivity index (χ1n) is 12.9. The summed E-state index contributed by atoms with van der Waals surface area (Å²) in [7, 11) is 0. The lowest BCUT2D eigenvalue weighted by Gasteiger charge is -2.46. The number of fused-ring (bicyclic) bond motifs is 1. The van der Waals surface area contributed by atoms with Gasteiger partial charge in [0.15, 0.2) is 6.29 Å². The van der Waals surface area contributed by atoms with E-state index in [4.69, 9.17) is 18.9 Å². The SMILES string of the molecule is C=CCO[C@@H]1O[C@H](COCc2ccccc2)[C@@H](O)[C@H](OCc2ccccc2)[C@H]1N1C(=O)c2ccccc2C1=O. The predicted octanol–water partition coefficient (Wildman–Crippen LogP) is 3.74. The van der Waals surface area contributed by atoms with Gasteiger partial charge < -0.3 is 24.1 Å². The van der Waals surface area contributed by atoms with Gasteiger partial charge in [0.25, 0.3) is 11.8 Å². The maximum atomic E-state index is 13.5. The van der Waals surface area contributed by atoms with E-state index < -0.39 is 42.5 Å². The first-order chi connectivity index (χ1) is 19.1. The second-order valence-electron chi connectivity index (χ2n) is 9.43. The second-order valence-corrected chi connectivity index (χ2v) is 9.43. The fraction of sp³-hybridized carbons (Fsp3) is 0.290. The van der Waals surface area contributed by atoms with E-state index in [1.54, 1.807) is 30.3 Å². The Balaban J connectivity index is 1.43. The van der Waals surface area contributed by atoms with E-state index in [9.17, 15) is 14.7 Å². The van der Waals surface area contributed by atoms with Gasteiger partial charge in [-0.2, -0.15) is 0 Å². The molecule has 39 heavy (non-hydrogen) atoms. The molecule has 1 N–H and O–H groups in total. The fourth-order valence-electron chi connectivity index (χ4n) is 4.92. The summed E-state index contributed by atoms with van der Waals surface area (Å²) in [5, 5.41) is 11.5. The lowest BCUT2D eigenvalue weighted by atomic mass is 9.95. The molecule has 0 spiro atoms. The normalized spacial score (nSPS) is 24.5. The molecule has 0 bridgehead atoms. The van der Waals surface area contributed by atoms with E-state index in [1.165, 1.54) is 0 Å². The summed E-state index contributed by atoms with van der Waals surface area (Å²) in [6, 6.07) is 24.7. The third-order valence-corrected chi connectivity index (χ3v) is 6.82. The van der Waals surface area contributed by atoms with Crippen molar-refractivity contribution in [2.24, 2.45) is 0 Å². The van der Waals surface area contributed by atoms with Crippen LogP contribution in [0.25, 0.3) is 0 Å². The number of rotatable bonds is 11. The monoisotopic (exact) mass is 529 g/mol. The molecule has 2 heterocycles. The van der Waals surface area contributed by atoms with Gasteiger partial charge in [0, 0.05) is 0 Å². The first kappa shape index (κ1) is 26.9. The van der Waals surface area contributed by atoms with Crippen molar-refractivity contribution >= 4 is 11.8 Å². The quantitative estimate of drug-likeness (QED) is 0.299. The summed E-state index contributed by atoms with van der Waals surface area (Å²) >= 11 is 0. The van der Waals surface area contributed by atoms with E-state index in [1.807, 2.05) is 60.7 Å². The molecule has 3 aromatic rings. The van der Waals surface area contributed by atoms with Crippen molar-refractivity contribution in [1.29, 1.82) is 0 Å². The van der Waals surface area contributed by atoms with Gasteiger partial charge in [0.2, 0.25) is 0 Å². The molecule has 2 aliphatic rings. The van der Waals surface area contributed by atoms with Crippen LogP contribution < -0.4 is 0 Å². The fourth-order valence-corrected chi connectivity index (χ4v) is 4.92. The van der Waals surface area contributed by atoms with Crippen LogP contribution >= 0.6 is 0 Å². The number of ether oxygens (including phenoxy) is 4. The van der Waals surface area contributed by atoms with Crippen LogP contribution in [0.2, 0.25) is 0 Å². The van der Waals surface area contributed by atoms with E-state index in [-0.39, 0.29) is 30.9 Å². The maximum absolute atomic E-state index is 13.5. The molecule has 0 unspecified atom stereocenters. The van der Waals surface area contributed by atoms with Gasteiger partial charge in [-0.25, -0.2) is 0 Å². The van der Waals surface area contributed by atoms with Gasteiger partial charge in [-0.05, 0) is 23.3 Å².